The van der Waals surface area contributed by atoms with Gasteiger partial charge in [0.15, 0.2) is 5.82 Å². The molecule has 0 bridgehead atoms. The molecule has 1 aliphatic rings. The number of anilines is 3. The molecule has 0 saturated carbocycles. The summed E-state index contributed by atoms with van der Waals surface area (Å²) in [5, 5.41) is 15.3. The highest BCUT2D eigenvalue weighted by Crippen LogP contribution is 2.32. The lowest BCUT2D eigenvalue weighted by Crippen LogP contribution is -2.46. The van der Waals surface area contributed by atoms with E-state index >= 15 is 0 Å². The largest absolute Gasteiger partial charge is 0.367 e. The maximum atomic E-state index is 4.89. The van der Waals surface area contributed by atoms with Crippen LogP contribution in [0, 0.1) is 13.8 Å². The second kappa shape index (κ2) is 8.25. The lowest BCUT2D eigenvalue weighted by molar-refractivity contribution is 0.191. The molecule has 1 saturated heterocycles. The molecule has 8 heteroatoms. The van der Waals surface area contributed by atoms with Gasteiger partial charge in [-0.2, -0.15) is 5.10 Å². The number of nitrogens with zero attached hydrogens (tertiary/aromatic N) is 4. The highest BCUT2D eigenvalue weighted by molar-refractivity contribution is 7.13. The summed E-state index contributed by atoms with van der Waals surface area (Å²) >= 11 is 0. The van der Waals surface area contributed by atoms with Crippen molar-refractivity contribution in [2.45, 2.75) is 65.1 Å². The summed E-state index contributed by atoms with van der Waals surface area (Å²) in [6, 6.07) is 9.55. The first-order chi connectivity index (χ1) is 13.9. The van der Waals surface area contributed by atoms with E-state index in [0.717, 1.165) is 59.0 Å². The molecule has 3 aromatic rings. The number of rotatable bonds is 5. The molecule has 4 atom stereocenters. The Morgan fingerprint density at radius 2 is 2.00 bits per heavy atom. The summed E-state index contributed by atoms with van der Waals surface area (Å²) in [5.74, 6) is 2.38. The number of pyridine rings is 2. The molecule has 3 aromatic heterocycles. The van der Waals surface area contributed by atoms with Crippen molar-refractivity contribution in [1.29, 1.82) is 0 Å². The van der Waals surface area contributed by atoms with E-state index in [0.29, 0.717) is 18.1 Å². The maximum Gasteiger partial charge on any atom is 0.153 e. The molecule has 0 amide bonds. The number of aromatic nitrogens is 4. The third kappa shape index (κ3) is 4.36. The Morgan fingerprint density at radius 1 is 1.17 bits per heavy atom. The minimum atomic E-state index is 0.381. The van der Waals surface area contributed by atoms with Gasteiger partial charge < -0.3 is 10.6 Å². The second-order valence-corrected chi connectivity index (χ2v) is 8.70. The van der Waals surface area contributed by atoms with Crippen LogP contribution in [0.3, 0.4) is 0 Å². The number of aryl methyl sites for hydroxylation is 2. The van der Waals surface area contributed by atoms with Gasteiger partial charge in [0.2, 0.25) is 0 Å². The standard InChI is InChI=1S/C21H30N7P/c1-5-16-10-15(9-14(4)28(16)29)23-21-17-7-6-12(2)22-18(17)11-19(25-21)24-20-8-13(3)26-27-20/h6-8,11,14-16H,5,9-10,29H2,1-4H3,(H3,23,24,25,26,27)/t14-,15-,16+/m0/s1. The summed E-state index contributed by atoms with van der Waals surface area (Å²) in [7, 11) is 2.91. The molecule has 4 rings (SSSR count). The van der Waals surface area contributed by atoms with Crippen LogP contribution < -0.4 is 10.6 Å². The Balaban J connectivity index is 1.66. The van der Waals surface area contributed by atoms with E-state index in [4.69, 9.17) is 9.97 Å². The molecule has 154 valence electrons. The molecular formula is C21H30N7P. The topological polar surface area (TPSA) is 81.8 Å². The summed E-state index contributed by atoms with van der Waals surface area (Å²) in [6.45, 7) is 8.54. The average Bonchev–Trinajstić information content (AvgIpc) is 3.08. The zero-order chi connectivity index (χ0) is 20.5. The molecular weight excluding hydrogens is 381 g/mol. The second-order valence-electron chi connectivity index (χ2n) is 8.11. The van der Waals surface area contributed by atoms with Gasteiger partial charge in [0.1, 0.15) is 11.6 Å². The van der Waals surface area contributed by atoms with Crippen molar-refractivity contribution < 1.29 is 0 Å². The summed E-state index contributed by atoms with van der Waals surface area (Å²) in [6.07, 6.45) is 3.32. The molecule has 1 aliphatic heterocycles. The fourth-order valence-electron chi connectivity index (χ4n) is 4.15. The third-order valence-electron chi connectivity index (χ3n) is 5.71. The molecule has 3 N–H and O–H groups in total. The highest BCUT2D eigenvalue weighted by Gasteiger charge is 2.30. The normalized spacial score (nSPS) is 22.7. The number of aromatic amines is 1. The Bertz CT molecular complexity index is 1000. The lowest BCUT2D eigenvalue weighted by Gasteiger charge is -2.41. The molecule has 0 radical (unpaired) electrons. The first-order valence-electron chi connectivity index (χ1n) is 10.3. The number of nitrogens with one attached hydrogen (secondary N) is 3. The van der Waals surface area contributed by atoms with E-state index in [1.165, 1.54) is 0 Å². The van der Waals surface area contributed by atoms with Gasteiger partial charge in [0, 0.05) is 47.0 Å². The minimum absolute atomic E-state index is 0.381. The van der Waals surface area contributed by atoms with Gasteiger partial charge >= 0.3 is 0 Å². The van der Waals surface area contributed by atoms with Gasteiger partial charge in [0.25, 0.3) is 0 Å². The van der Waals surface area contributed by atoms with Crippen molar-refractivity contribution in [3.05, 3.63) is 35.7 Å². The molecule has 4 heterocycles. The molecule has 1 fully saturated rings. The first-order valence-corrected chi connectivity index (χ1v) is 10.8. The summed E-state index contributed by atoms with van der Waals surface area (Å²) < 4.78 is 2.42. The van der Waals surface area contributed by atoms with Gasteiger partial charge in [-0.3, -0.25) is 14.8 Å². The number of H-pyrrole nitrogens is 1. The third-order valence-corrected chi connectivity index (χ3v) is 6.64. The maximum absolute atomic E-state index is 4.89. The predicted molar refractivity (Wildman–Crippen MR) is 123 cm³/mol. The number of fused-ring (bicyclic) bond motifs is 1. The quantitative estimate of drug-likeness (QED) is 0.535. The zero-order valence-electron chi connectivity index (χ0n) is 17.5. The zero-order valence-corrected chi connectivity index (χ0v) is 18.7. The minimum Gasteiger partial charge on any atom is -0.367 e. The Kier molecular flexibility index (Phi) is 5.70. The fourth-order valence-corrected chi connectivity index (χ4v) is 4.60. The van der Waals surface area contributed by atoms with Gasteiger partial charge in [-0.25, -0.2) is 4.98 Å². The van der Waals surface area contributed by atoms with Gasteiger partial charge in [-0.15, -0.1) is 0 Å². The van der Waals surface area contributed by atoms with Crippen LogP contribution >= 0.6 is 9.39 Å². The van der Waals surface area contributed by atoms with Crippen LogP contribution in [0.15, 0.2) is 24.3 Å². The van der Waals surface area contributed by atoms with E-state index in [1.54, 1.807) is 0 Å². The van der Waals surface area contributed by atoms with Crippen LogP contribution in [-0.2, 0) is 0 Å². The van der Waals surface area contributed by atoms with E-state index in [2.05, 4.69) is 54.8 Å². The van der Waals surface area contributed by atoms with Crippen molar-refractivity contribution in [3.63, 3.8) is 0 Å². The summed E-state index contributed by atoms with van der Waals surface area (Å²) in [4.78, 5) is 9.62. The first kappa shape index (κ1) is 20.0. The van der Waals surface area contributed by atoms with Crippen LogP contribution in [0.2, 0.25) is 0 Å². The van der Waals surface area contributed by atoms with Gasteiger partial charge in [-0.05, 0) is 52.2 Å². The van der Waals surface area contributed by atoms with Crippen LogP contribution in [0.4, 0.5) is 17.5 Å². The Morgan fingerprint density at radius 3 is 2.72 bits per heavy atom. The smallest absolute Gasteiger partial charge is 0.153 e. The van der Waals surface area contributed by atoms with E-state index in [1.807, 2.05) is 32.0 Å². The van der Waals surface area contributed by atoms with Crippen LogP contribution in [0.25, 0.3) is 10.9 Å². The van der Waals surface area contributed by atoms with E-state index < -0.39 is 0 Å². The monoisotopic (exact) mass is 411 g/mol. The molecule has 29 heavy (non-hydrogen) atoms. The van der Waals surface area contributed by atoms with Crippen molar-refractivity contribution in [1.82, 2.24) is 24.8 Å². The van der Waals surface area contributed by atoms with E-state index in [9.17, 15) is 0 Å². The number of hydrogen-bond donors (Lipinski definition) is 3. The van der Waals surface area contributed by atoms with Gasteiger partial charge in [-0.1, -0.05) is 16.3 Å². The number of hydrogen-bond acceptors (Lipinski definition) is 6. The Hall–Kier alpha value is -2.24. The van der Waals surface area contributed by atoms with Crippen LogP contribution in [-0.4, -0.2) is 43.0 Å². The van der Waals surface area contributed by atoms with E-state index in [-0.39, 0.29) is 0 Å². The van der Waals surface area contributed by atoms with Crippen molar-refractivity contribution in [2.75, 3.05) is 10.6 Å². The molecule has 0 spiro atoms. The highest BCUT2D eigenvalue weighted by atomic mass is 31.0. The summed E-state index contributed by atoms with van der Waals surface area (Å²) in [5.41, 5.74) is 2.93. The van der Waals surface area contributed by atoms with Crippen molar-refractivity contribution >= 4 is 37.7 Å². The predicted octanol–water partition coefficient (Wildman–Crippen LogP) is 4.55. The van der Waals surface area contributed by atoms with Gasteiger partial charge in [0.05, 0.1) is 5.52 Å². The van der Waals surface area contributed by atoms with Crippen molar-refractivity contribution in [3.8, 4) is 0 Å². The molecule has 1 unspecified atom stereocenters. The number of piperidine rings is 1. The van der Waals surface area contributed by atoms with Crippen molar-refractivity contribution in [2.24, 2.45) is 0 Å². The molecule has 0 aliphatic carbocycles. The van der Waals surface area contributed by atoms with Crippen LogP contribution in [0.5, 0.6) is 0 Å². The molecule has 0 aromatic carbocycles. The van der Waals surface area contributed by atoms with Crippen LogP contribution in [0.1, 0.15) is 44.5 Å². The lowest BCUT2D eigenvalue weighted by atomic mass is 9.93. The Labute approximate surface area is 174 Å². The SMILES string of the molecule is CC[C@@H]1C[C@@H](Nc2nc(Nc3cc(C)[nH]n3)cc3nc(C)ccc23)C[C@H](C)N1P. The average molecular weight is 411 g/mol. The fraction of sp³-hybridized carbons (Fsp3) is 0.476. The molecule has 7 nitrogen and oxygen atoms in total.